The molecule has 1 fully saturated rings. The molecule has 0 bridgehead atoms. The summed E-state index contributed by atoms with van der Waals surface area (Å²) in [5, 5.41) is 14.0. The Balaban J connectivity index is 1.18. The van der Waals surface area contributed by atoms with E-state index in [1.54, 1.807) is 6.07 Å². The van der Waals surface area contributed by atoms with E-state index in [4.69, 9.17) is 4.74 Å². The summed E-state index contributed by atoms with van der Waals surface area (Å²) >= 11 is 0. The molecule has 3 aromatic rings. The number of nitrogens with zero attached hydrogens (tertiary/aromatic N) is 1. The summed E-state index contributed by atoms with van der Waals surface area (Å²) in [5.41, 5.74) is 2.20. The fourth-order valence-corrected chi connectivity index (χ4v) is 4.46. The van der Waals surface area contributed by atoms with Crippen LogP contribution in [0.4, 0.5) is 0 Å². The number of amides is 1. The van der Waals surface area contributed by atoms with Crippen molar-refractivity contribution in [3.8, 4) is 5.75 Å². The predicted molar refractivity (Wildman–Crippen MR) is 135 cm³/mol. The van der Waals surface area contributed by atoms with Gasteiger partial charge in [0.2, 0.25) is 0 Å². The van der Waals surface area contributed by atoms with Gasteiger partial charge in [-0.3, -0.25) is 4.79 Å². The molecule has 0 aromatic heterocycles. The lowest BCUT2D eigenvalue weighted by molar-refractivity contribution is -0.0206. The molecule has 2 N–H and O–H groups in total. The van der Waals surface area contributed by atoms with Gasteiger partial charge in [0.15, 0.2) is 0 Å². The molecule has 0 spiro atoms. The fourth-order valence-electron chi connectivity index (χ4n) is 4.46. The highest BCUT2D eigenvalue weighted by atomic mass is 16.5. The van der Waals surface area contributed by atoms with E-state index in [1.165, 1.54) is 5.56 Å². The number of rotatable bonds is 10. The van der Waals surface area contributed by atoms with Crippen LogP contribution in [0.5, 0.6) is 5.75 Å². The first kappa shape index (κ1) is 24.0. The number of likely N-dealkylation sites (tertiary alicyclic amines) is 1. The average molecular weight is 459 g/mol. The number of carbonyl (C=O) groups excluding carboxylic acids is 1. The summed E-state index contributed by atoms with van der Waals surface area (Å²) in [4.78, 5) is 15.1. The molecule has 3 aromatic carbocycles. The Morgan fingerprint density at radius 3 is 2.21 bits per heavy atom. The number of carbonyl (C=O) groups is 1. The third-order valence-corrected chi connectivity index (χ3v) is 6.47. The van der Waals surface area contributed by atoms with Gasteiger partial charge >= 0.3 is 0 Å². The quantitative estimate of drug-likeness (QED) is 0.441. The number of piperidine rings is 1. The first-order chi connectivity index (χ1) is 16.6. The Labute approximate surface area is 202 Å². The molecular weight excluding hydrogens is 424 g/mol. The van der Waals surface area contributed by atoms with Crippen LogP contribution in [0.25, 0.3) is 0 Å². The molecule has 0 unspecified atom stereocenters. The van der Waals surface area contributed by atoms with Gasteiger partial charge in [0.25, 0.3) is 5.91 Å². The zero-order valence-electron chi connectivity index (χ0n) is 19.7. The molecule has 1 amide bonds. The fraction of sp³-hybridized carbons (Fsp3) is 0.345. The topological polar surface area (TPSA) is 61.8 Å². The Morgan fingerprint density at radius 2 is 1.50 bits per heavy atom. The van der Waals surface area contributed by atoms with Gasteiger partial charge in [0.1, 0.15) is 12.4 Å². The van der Waals surface area contributed by atoms with Crippen LogP contribution in [0, 0.1) is 0 Å². The van der Waals surface area contributed by atoms with Crippen LogP contribution in [0.1, 0.15) is 40.7 Å². The van der Waals surface area contributed by atoms with Crippen LogP contribution in [-0.2, 0) is 13.0 Å². The lowest BCUT2D eigenvalue weighted by Gasteiger charge is -2.38. The van der Waals surface area contributed by atoms with Gasteiger partial charge in [0, 0.05) is 26.1 Å². The summed E-state index contributed by atoms with van der Waals surface area (Å²) in [5.74, 6) is 0.483. The second kappa shape index (κ2) is 11.8. The maximum Gasteiger partial charge on any atom is 0.255 e. The molecule has 5 heteroatoms. The monoisotopic (exact) mass is 458 g/mol. The Hall–Kier alpha value is -3.15. The number of hydrogen-bond acceptors (Lipinski definition) is 4. The third kappa shape index (κ3) is 6.92. The molecule has 0 aliphatic carbocycles. The largest absolute Gasteiger partial charge is 0.488 e. The highest BCUT2D eigenvalue weighted by Gasteiger charge is 2.32. The van der Waals surface area contributed by atoms with Crippen LogP contribution in [0.3, 0.4) is 0 Å². The molecule has 0 radical (unpaired) electrons. The van der Waals surface area contributed by atoms with E-state index in [-0.39, 0.29) is 5.91 Å². The van der Waals surface area contributed by atoms with E-state index in [0.717, 1.165) is 44.5 Å². The number of benzene rings is 3. The van der Waals surface area contributed by atoms with Crippen LogP contribution in [0.2, 0.25) is 0 Å². The van der Waals surface area contributed by atoms with E-state index >= 15 is 0 Å². The maximum absolute atomic E-state index is 12.7. The van der Waals surface area contributed by atoms with Gasteiger partial charge < -0.3 is 20.1 Å². The summed E-state index contributed by atoms with van der Waals surface area (Å²) in [6.07, 6.45) is 3.14. The van der Waals surface area contributed by atoms with E-state index in [2.05, 4.69) is 22.3 Å². The zero-order chi connectivity index (χ0) is 23.6. The van der Waals surface area contributed by atoms with Gasteiger partial charge in [-0.05, 0) is 49.1 Å². The minimum atomic E-state index is -0.616. The van der Waals surface area contributed by atoms with E-state index < -0.39 is 5.60 Å². The first-order valence-electron chi connectivity index (χ1n) is 12.1. The van der Waals surface area contributed by atoms with Crippen molar-refractivity contribution < 1.29 is 14.6 Å². The van der Waals surface area contributed by atoms with Crippen molar-refractivity contribution in [3.63, 3.8) is 0 Å². The average Bonchev–Trinajstić information content (AvgIpc) is 2.88. The summed E-state index contributed by atoms with van der Waals surface area (Å²) in [7, 11) is 0. The highest BCUT2D eigenvalue weighted by molar-refractivity contribution is 5.96. The van der Waals surface area contributed by atoms with Crippen molar-refractivity contribution in [3.05, 3.63) is 102 Å². The van der Waals surface area contributed by atoms with Crippen LogP contribution in [-0.4, -0.2) is 47.7 Å². The molecule has 1 aliphatic rings. The van der Waals surface area contributed by atoms with Crippen molar-refractivity contribution in [2.45, 2.75) is 37.9 Å². The minimum absolute atomic E-state index is 0.112. The summed E-state index contributed by atoms with van der Waals surface area (Å²) in [6.45, 7) is 3.71. The number of para-hydroxylation sites is 1. The maximum atomic E-state index is 12.7. The zero-order valence-corrected chi connectivity index (χ0v) is 19.7. The van der Waals surface area contributed by atoms with Gasteiger partial charge in [-0.1, -0.05) is 72.8 Å². The Morgan fingerprint density at radius 1 is 0.882 bits per heavy atom. The van der Waals surface area contributed by atoms with Gasteiger partial charge in [-0.25, -0.2) is 0 Å². The number of nitrogens with one attached hydrogen (secondary N) is 1. The van der Waals surface area contributed by atoms with Crippen LogP contribution >= 0.6 is 0 Å². The Kier molecular flexibility index (Phi) is 8.34. The molecule has 1 heterocycles. The summed E-state index contributed by atoms with van der Waals surface area (Å²) < 4.78 is 5.92. The smallest absolute Gasteiger partial charge is 0.255 e. The van der Waals surface area contributed by atoms with E-state index in [1.807, 2.05) is 66.7 Å². The van der Waals surface area contributed by atoms with Crippen molar-refractivity contribution >= 4 is 5.91 Å². The van der Waals surface area contributed by atoms with Crippen LogP contribution < -0.4 is 10.1 Å². The van der Waals surface area contributed by atoms with Crippen molar-refractivity contribution in [2.24, 2.45) is 0 Å². The second-order valence-corrected chi connectivity index (χ2v) is 9.11. The normalized spacial score (nSPS) is 15.6. The molecule has 1 aliphatic heterocycles. The first-order valence-corrected chi connectivity index (χ1v) is 12.1. The van der Waals surface area contributed by atoms with Gasteiger partial charge in [0.05, 0.1) is 11.2 Å². The molecule has 5 nitrogen and oxygen atoms in total. The molecule has 34 heavy (non-hydrogen) atoms. The number of aliphatic hydroxyl groups is 1. The SMILES string of the molecule is O=C(NCCCN1CCC(O)(Cc2ccccc2)CC1)c1ccccc1OCc1ccccc1. The predicted octanol–water partition coefficient (Wildman–Crippen LogP) is 4.46. The second-order valence-electron chi connectivity index (χ2n) is 9.11. The number of ether oxygens (including phenoxy) is 1. The van der Waals surface area contributed by atoms with Gasteiger partial charge in [-0.15, -0.1) is 0 Å². The molecular formula is C29H34N2O3. The third-order valence-electron chi connectivity index (χ3n) is 6.47. The lowest BCUT2D eigenvalue weighted by atomic mass is 9.85. The molecule has 178 valence electrons. The van der Waals surface area contributed by atoms with Crippen molar-refractivity contribution in [1.82, 2.24) is 10.2 Å². The van der Waals surface area contributed by atoms with E-state index in [9.17, 15) is 9.90 Å². The minimum Gasteiger partial charge on any atom is -0.488 e. The standard InChI is InChI=1S/C29H34N2O3/c32-28(26-14-7-8-15-27(26)34-23-25-12-5-2-6-13-25)30-18-9-19-31-20-16-29(33,17-21-31)22-24-10-3-1-4-11-24/h1-8,10-15,33H,9,16-23H2,(H,30,32). The van der Waals surface area contributed by atoms with Crippen molar-refractivity contribution in [1.29, 1.82) is 0 Å². The Bertz CT molecular complexity index is 1030. The lowest BCUT2D eigenvalue weighted by Crippen LogP contribution is -2.46. The molecule has 4 rings (SSSR count). The van der Waals surface area contributed by atoms with Crippen LogP contribution in [0.15, 0.2) is 84.9 Å². The molecule has 0 atom stereocenters. The van der Waals surface area contributed by atoms with Crippen molar-refractivity contribution in [2.75, 3.05) is 26.2 Å². The number of hydrogen-bond donors (Lipinski definition) is 2. The van der Waals surface area contributed by atoms with Gasteiger partial charge in [-0.2, -0.15) is 0 Å². The molecule has 0 saturated carbocycles. The van der Waals surface area contributed by atoms with E-state index in [0.29, 0.717) is 30.9 Å². The summed E-state index contributed by atoms with van der Waals surface area (Å²) in [6, 6.07) is 27.5. The molecule has 1 saturated heterocycles. The highest BCUT2D eigenvalue weighted by Crippen LogP contribution is 2.26.